The SMILES string of the molecule is CC(C)C(C)SCCCN=[N+]=[N-]. The van der Waals surface area contributed by atoms with Crippen LogP contribution in [0.4, 0.5) is 0 Å². The van der Waals surface area contributed by atoms with Crippen LogP contribution in [0.1, 0.15) is 27.2 Å². The van der Waals surface area contributed by atoms with Crippen LogP contribution in [0.2, 0.25) is 0 Å². The Hall–Kier alpha value is -0.340. The third-order valence-corrected chi connectivity index (χ3v) is 3.38. The van der Waals surface area contributed by atoms with E-state index in [1.807, 2.05) is 11.8 Å². The summed E-state index contributed by atoms with van der Waals surface area (Å²) in [6, 6.07) is 0. The van der Waals surface area contributed by atoms with Crippen molar-refractivity contribution < 1.29 is 0 Å². The van der Waals surface area contributed by atoms with Gasteiger partial charge in [-0.15, -0.1) is 0 Å². The molecule has 0 saturated carbocycles. The van der Waals surface area contributed by atoms with Gasteiger partial charge in [-0.3, -0.25) is 0 Å². The molecule has 4 heteroatoms. The first-order chi connectivity index (χ1) is 5.68. The van der Waals surface area contributed by atoms with E-state index in [0.29, 0.717) is 11.8 Å². The van der Waals surface area contributed by atoms with Gasteiger partial charge in [-0.05, 0) is 23.6 Å². The molecule has 3 nitrogen and oxygen atoms in total. The maximum Gasteiger partial charge on any atom is 0.0265 e. The smallest absolute Gasteiger partial charge is 0.0265 e. The number of hydrogen-bond donors (Lipinski definition) is 0. The van der Waals surface area contributed by atoms with Crippen molar-refractivity contribution in [1.82, 2.24) is 0 Å². The topological polar surface area (TPSA) is 48.8 Å². The second kappa shape index (κ2) is 7.32. The van der Waals surface area contributed by atoms with Crippen molar-refractivity contribution in [3.05, 3.63) is 10.4 Å². The van der Waals surface area contributed by atoms with Crippen LogP contribution in [0.25, 0.3) is 10.4 Å². The lowest BCUT2D eigenvalue weighted by Gasteiger charge is -2.13. The highest BCUT2D eigenvalue weighted by atomic mass is 32.2. The summed E-state index contributed by atoms with van der Waals surface area (Å²) in [4.78, 5) is 2.70. The van der Waals surface area contributed by atoms with Gasteiger partial charge < -0.3 is 0 Å². The van der Waals surface area contributed by atoms with Crippen LogP contribution >= 0.6 is 11.8 Å². The van der Waals surface area contributed by atoms with Crippen molar-refractivity contribution in [3.63, 3.8) is 0 Å². The highest BCUT2D eigenvalue weighted by Gasteiger charge is 2.05. The molecular weight excluding hydrogens is 170 g/mol. The van der Waals surface area contributed by atoms with E-state index >= 15 is 0 Å². The van der Waals surface area contributed by atoms with E-state index in [0.717, 1.165) is 18.1 Å². The lowest BCUT2D eigenvalue weighted by atomic mass is 10.2. The first-order valence-electron chi connectivity index (χ1n) is 4.31. The van der Waals surface area contributed by atoms with E-state index in [9.17, 15) is 0 Å². The molecule has 1 unspecified atom stereocenters. The molecule has 70 valence electrons. The fourth-order valence-electron chi connectivity index (χ4n) is 0.642. The van der Waals surface area contributed by atoms with Gasteiger partial charge in [0.25, 0.3) is 0 Å². The maximum absolute atomic E-state index is 8.01. The summed E-state index contributed by atoms with van der Waals surface area (Å²) in [6.45, 7) is 7.33. The van der Waals surface area contributed by atoms with Gasteiger partial charge in [0.2, 0.25) is 0 Å². The summed E-state index contributed by atoms with van der Waals surface area (Å²) in [5, 5.41) is 4.19. The Morgan fingerprint density at radius 2 is 2.08 bits per heavy atom. The van der Waals surface area contributed by atoms with Crippen LogP contribution < -0.4 is 0 Å². The molecule has 0 aromatic heterocycles. The number of hydrogen-bond acceptors (Lipinski definition) is 2. The van der Waals surface area contributed by atoms with Crippen molar-refractivity contribution >= 4 is 11.8 Å². The summed E-state index contributed by atoms with van der Waals surface area (Å²) in [6.07, 6.45) is 0.992. The molecule has 0 aliphatic carbocycles. The summed E-state index contributed by atoms with van der Waals surface area (Å²) < 4.78 is 0. The Morgan fingerprint density at radius 1 is 1.42 bits per heavy atom. The van der Waals surface area contributed by atoms with Crippen molar-refractivity contribution in [3.8, 4) is 0 Å². The number of rotatable bonds is 6. The van der Waals surface area contributed by atoms with E-state index in [4.69, 9.17) is 5.53 Å². The van der Waals surface area contributed by atoms with E-state index in [1.165, 1.54) is 0 Å². The molecule has 1 atom stereocenters. The second-order valence-electron chi connectivity index (χ2n) is 3.13. The Labute approximate surface area is 78.6 Å². The van der Waals surface area contributed by atoms with Crippen molar-refractivity contribution in [2.45, 2.75) is 32.4 Å². The molecule has 0 saturated heterocycles. The van der Waals surface area contributed by atoms with Crippen LogP contribution in [0.15, 0.2) is 5.11 Å². The number of azide groups is 1. The predicted molar refractivity (Wildman–Crippen MR) is 55.4 cm³/mol. The third-order valence-electron chi connectivity index (χ3n) is 1.79. The van der Waals surface area contributed by atoms with E-state index in [1.54, 1.807) is 0 Å². The lowest BCUT2D eigenvalue weighted by Crippen LogP contribution is -2.06. The van der Waals surface area contributed by atoms with Crippen LogP contribution in [0, 0.1) is 5.92 Å². The van der Waals surface area contributed by atoms with Gasteiger partial charge in [0, 0.05) is 16.7 Å². The average molecular weight is 187 g/mol. The quantitative estimate of drug-likeness (QED) is 0.272. The van der Waals surface area contributed by atoms with Crippen molar-refractivity contribution in [1.29, 1.82) is 0 Å². The molecule has 0 fully saturated rings. The Balaban J connectivity index is 3.25. The largest absolute Gasteiger partial charge is 0.159 e. The minimum Gasteiger partial charge on any atom is -0.159 e. The van der Waals surface area contributed by atoms with Crippen LogP contribution in [0.3, 0.4) is 0 Å². The molecule has 0 heterocycles. The zero-order valence-electron chi connectivity index (χ0n) is 8.03. The minimum atomic E-state index is 0.633. The number of nitrogens with zero attached hydrogens (tertiary/aromatic N) is 3. The van der Waals surface area contributed by atoms with Gasteiger partial charge in [-0.2, -0.15) is 11.8 Å². The molecule has 0 bridgehead atoms. The fraction of sp³-hybridized carbons (Fsp3) is 1.00. The van der Waals surface area contributed by atoms with E-state index < -0.39 is 0 Å². The van der Waals surface area contributed by atoms with Gasteiger partial charge in [0.1, 0.15) is 0 Å². The molecule has 0 radical (unpaired) electrons. The Bertz CT molecular complexity index is 152. The Kier molecular flexibility index (Phi) is 7.11. The van der Waals surface area contributed by atoms with Crippen LogP contribution in [-0.4, -0.2) is 17.5 Å². The molecule has 0 N–H and O–H groups in total. The van der Waals surface area contributed by atoms with Gasteiger partial charge in [-0.25, -0.2) is 0 Å². The summed E-state index contributed by atoms with van der Waals surface area (Å²) in [7, 11) is 0. The summed E-state index contributed by atoms with van der Waals surface area (Å²) >= 11 is 1.95. The monoisotopic (exact) mass is 187 g/mol. The molecule has 0 aromatic rings. The third kappa shape index (κ3) is 6.38. The van der Waals surface area contributed by atoms with E-state index in [-0.39, 0.29) is 0 Å². The normalized spacial score (nSPS) is 12.7. The van der Waals surface area contributed by atoms with Crippen LogP contribution in [0.5, 0.6) is 0 Å². The lowest BCUT2D eigenvalue weighted by molar-refractivity contribution is 0.641. The highest BCUT2D eigenvalue weighted by Crippen LogP contribution is 2.18. The zero-order valence-corrected chi connectivity index (χ0v) is 8.84. The summed E-state index contributed by atoms with van der Waals surface area (Å²) in [5.74, 6) is 1.83. The minimum absolute atomic E-state index is 0.633. The Morgan fingerprint density at radius 3 is 2.58 bits per heavy atom. The molecule has 0 aliphatic heterocycles. The van der Waals surface area contributed by atoms with Gasteiger partial charge in [0.15, 0.2) is 0 Å². The zero-order chi connectivity index (χ0) is 9.40. The van der Waals surface area contributed by atoms with Gasteiger partial charge in [-0.1, -0.05) is 25.9 Å². The predicted octanol–water partition coefficient (Wildman–Crippen LogP) is 3.46. The molecule has 0 spiro atoms. The first kappa shape index (κ1) is 11.7. The first-order valence-corrected chi connectivity index (χ1v) is 5.35. The molecule has 0 rings (SSSR count). The standard InChI is InChI=1S/C8H17N3S/c1-7(2)8(3)12-6-4-5-10-11-9/h7-8H,4-6H2,1-3H3. The molecule has 12 heavy (non-hydrogen) atoms. The average Bonchev–Trinajstić information content (AvgIpc) is 2.03. The number of thioether (sulfide) groups is 1. The van der Waals surface area contributed by atoms with Crippen LogP contribution in [-0.2, 0) is 0 Å². The van der Waals surface area contributed by atoms with Gasteiger partial charge >= 0.3 is 0 Å². The van der Waals surface area contributed by atoms with Crippen molar-refractivity contribution in [2.24, 2.45) is 11.0 Å². The highest BCUT2D eigenvalue weighted by molar-refractivity contribution is 7.99. The molecular formula is C8H17N3S. The second-order valence-corrected chi connectivity index (χ2v) is 4.61. The van der Waals surface area contributed by atoms with Gasteiger partial charge in [0.05, 0.1) is 0 Å². The molecule has 0 amide bonds. The summed E-state index contributed by atoms with van der Waals surface area (Å²) in [5.41, 5.74) is 8.01. The van der Waals surface area contributed by atoms with E-state index in [2.05, 4.69) is 30.8 Å². The molecule has 0 aliphatic rings. The fourth-order valence-corrected chi connectivity index (χ4v) is 1.69. The maximum atomic E-state index is 8.01. The van der Waals surface area contributed by atoms with Crippen molar-refractivity contribution in [2.75, 3.05) is 12.3 Å². The molecule has 0 aromatic carbocycles.